The Morgan fingerprint density at radius 3 is 2.32 bits per heavy atom. The van der Waals surface area contributed by atoms with Crippen LogP contribution in [0.4, 0.5) is 5.69 Å². The van der Waals surface area contributed by atoms with E-state index in [1.807, 2.05) is 6.92 Å². The average Bonchev–Trinajstić information content (AvgIpc) is 2.65. The zero-order valence-electron chi connectivity index (χ0n) is 14.8. The predicted octanol–water partition coefficient (Wildman–Crippen LogP) is 2.74. The third kappa shape index (κ3) is 5.31. The summed E-state index contributed by atoms with van der Waals surface area (Å²) in [5.41, 5.74) is 0.979. The lowest BCUT2D eigenvalue weighted by Gasteiger charge is -2.27. The quantitative estimate of drug-likeness (QED) is 0.776. The van der Waals surface area contributed by atoms with Gasteiger partial charge in [-0.2, -0.15) is 0 Å². The van der Waals surface area contributed by atoms with Crippen molar-refractivity contribution in [3.05, 3.63) is 29.8 Å². The maximum Gasteiger partial charge on any atom is 0.337 e. The Hall–Kier alpha value is -2.37. The summed E-state index contributed by atoms with van der Waals surface area (Å²) in [6, 6.07) is 6.69. The molecule has 25 heavy (non-hydrogen) atoms. The summed E-state index contributed by atoms with van der Waals surface area (Å²) in [5.74, 6) is -0.481. The molecule has 2 N–H and O–H groups in total. The first-order valence-corrected chi connectivity index (χ1v) is 8.82. The number of rotatable bonds is 6. The standard InChI is InChI=1S/C19H26N2O4/c1-3-11-20-17(22)13-7-9-14(10-8-13)18(23)21-16-6-4-5-15(12-16)19(24)25-2/h4-6,12-14H,3,7-11H2,1-2H3,(H,20,22)(H,21,23). The molecule has 1 aliphatic carbocycles. The number of benzene rings is 1. The van der Waals surface area contributed by atoms with Crippen LogP contribution in [0.1, 0.15) is 49.4 Å². The zero-order chi connectivity index (χ0) is 18.2. The smallest absolute Gasteiger partial charge is 0.337 e. The molecule has 1 saturated carbocycles. The highest BCUT2D eigenvalue weighted by Gasteiger charge is 2.29. The summed E-state index contributed by atoms with van der Waals surface area (Å²) in [4.78, 5) is 36.0. The molecule has 2 amide bonds. The third-order valence-corrected chi connectivity index (χ3v) is 4.57. The van der Waals surface area contributed by atoms with Crippen LogP contribution < -0.4 is 10.6 Å². The normalized spacial score (nSPS) is 19.8. The van der Waals surface area contributed by atoms with Crippen LogP contribution in [0.15, 0.2) is 24.3 Å². The summed E-state index contributed by atoms with van der Waals surface area (Å²) in [7, 11) is 1.32. The van der Waals surface area contributed by atoms with Gasteiger partial charge < -0.3 is 15.4 Å². The Morgan fingerprint density at radius 2 is 1.72 bits per heavy atom. The molecule has 0 atom stereocenters. The second-order valence-corrected chi connectivity index (χ2v) is 6.40. The van der Waals surface area contributed by atoms with Crippen LogP contribution in [0.3, 0.4) is 0 Å². The summed E-state index contributed by atoms with van der Waals surface area (Å²) < 4.78 is 4.69. The number of carbonyl (C=O) groups is 3. The van der Waals surface area contributed by atoms with E-state index < -0.39 is 5.97 Å². The lowest BCUT2D eigenvalue weighted by molar-refractivity contribution is -0.128. The fourth-order valence-corrected chi connectivity index (χ4v) is 3.10. The molecular weight excluding hydrogens is 320 g/mol. The second-order valence-electron chi connectivity index (χ2n) is 6.40. The van der Waals surface area contributed by atoms with Crippen LogP contribution >= 0.6 is 0 Å². The Bertz CT molecular complexity index is 622. The zero-order valence-corrected chi connectivity index (χ0v) is 14.8. The number of carbonyl (C=O) groups excluding carboxylic acids is 3. The number of esters is 1. The van der Waals surface area contributed by atoms with E-state index in [2.05, 4.69) is 15.4 Å². The van der Waals surface area contributed by atoms with Crippen LogP contribution in [-0.4, -0.2) is 31.4 Å². The highest BCUT2D eigenvalue weighted by Crippen LogP contribution is 2.30. The van der Waals surface area contributed by atoms with Gasteiger partial charge in [0.15, 0.2) is 0 Å². The van der Waals surface area contributed by atoms with Crippen molar-refractivity contribution in [2.45, 2.75) is 39.0 Å². The Morgan fingerprint density at radius 1 is 1.08 bits per heavy atom. The van der Waals surface area contributed by atoms with Crippen molar-refractivity contribution in [3.63, 3.8) is 0 Å². The summed E-state index contributed by atoms with van der Waals surface area (Å²) in [6.45, 7) is 2.73. The van der Waals surface area contributed by atoms with E-state index in [0.717, 1.165) is 19.3 Å². The minimum atomic E-state index is -0.435. The second kappa shape index (κ2) is 9.20. The third-order valence-electron chi connectivity index (χ3n) is 4.57. The number of ether oxygens (including phenoxy) is 1. The molecule has 0 bridgehead atoms. The van der Waals surface area contributed by atoms with Crippen molar-refractivity contribution in [1.29, 1.82) is 0 Å². The van der Waals surface area contributed by atoms with E-state index in [1.54, 1.807) is 24.3 Å². The maximum atomic E-state index is 12.4. The van der Waals surface area contributed by atoms with Crippen molar-refractivity contribution < 1.29 is 19.1 Å². The number of anilines is 1. The Labute approximate surface area is 148 Å². The number of amides is 2. The first-order chi connectivity index (χ1) is 12.0. The van der Waals surface area contributed by atoms with Crippen molar-refractivity contribution in [2.75, 3.05) is 19.0 Å². The van der Waals surface area contributed by atoms with Gasteiger partial charge >= 0.3 is 5.97 Å². The molecule has 6 nitrogen and oxygen atoms in total. The number of hydrogen-bond donors (Lipinski definition) is 2. The van der Waals surface area contributed by atoms with Gasteiger partial charge in [-0.25, -0.2) is 4.79 Å². The van der Waals surface area contributed by atoms with Crippen molar-refractivity contribution in [1.82, 2.24) is 5.32 Å². The van der Waals surface area contributed by atoms with Gasteiger partial charge in [-0.15, -0.1) is 0 Å². The van der Waals surface area contributed by atoms with Crippen LogP contribution in [-0.2, 0) is 14.3 Å². The SMILES string of the molecule is CCCNC(=O)C1CCC(C(=O)Nc2cccc(C(=O)OC)c2)CC1. The van der Waals surface area contributed by atoms with E-state index >= 15 is 0 Å². The van der Waals surface area contributed by atoms with Crippen LogP contribution in [0, 0.1) is 11.8 Å². The van der Waals surface area contributed by atoms with Crippen LogP contribution in [0.5, 0.6) is 0 Å². The van der Waals surface area contributed by atoms with Crippen molar-refractivity contribution in [2.24, 2.45) is 11.8 Å². The van der Waals surface area contributed by atoms with Crippen molar-refractivity contribution >= 4 is 23.5 Å². The van der Waals surface area contributed by atoms with Gasteiger partial charge in [-0.1, -0.05) is 13.0 Å². The summed E-state index contributed by atoms with van der Waals surface area (Å²) in [5, 5.41) is 5.79. The molecule has 1 aromatic rings. The molecule has 0 saturated heterocycles. The Balaban J connectivity index is 1.87. The molecule has 0 aromatic heterocycles. The lowest BCUT2D eigenvalue weighted by Crippen LogP contribution is -2.35. The van der Waals surface area contributed by atoms with Gasteiger partial charge in [-0.3, -0.25) is 9.59 Å². The minimum Gasteiger partial charge on any atom is -0.465 e. The number of nitrogens with one attached hydrogen (secondary N) is 2. The molecule has 0 heterocycles. The highest BCUT2D eigenvalue weighted by atomic mass is 16.5. The first-order valence-electron chi connectivity index (χ1n) is 8.82. The molecule has 136 valence electrons. The molecular formula is C19H26N2O4. The molecule has 1 aromatic carbocycles. The minimum absolute atomic E-state index is 0.0123. The van der Waals surface area contributed by atoms with Gasteiger partial charge in [0.1, 0.15) is 0 Å². The van der Waals surface area contributed by atoms with Crippen molar-refractivity contribution in [3.8, 4) is 0 Å². The lowest BCUT2D eigenvalue weighted by atomic mass is 9.81. The monoisotopic (exact) mass is 346 g/mol. The summed E-state index contributed by atoms with van der Waals surface area (Å²) in [6.07, 6.45) is 3.79. The topological polar surface area (TPSA) is 84.5 Å². The van der Waals surface area contributed by atoms with E-state index in [9.17, 15) is 14.4 Å². The molecule has 6 heteroatoms. The van der Waals surface area contributed by atoms with Gasteiger partial charge in [0, 0.05) is 24.1 Å². The molecule has 1 fully saturated rings. The van der Waals surface area contributed by atoms with E-state index in [0.29, 0.717) is 30.6 Å². The van der Waals surface area contributed by atoms with Crippen LogP contribution in [0.25, 0.3) is 0 Å². The predicted molar refractivity (Wildman–Crippen MR) is 95.2 cm³/mol. The number of methoxy groups -OCH3 is 1. The molecule has 0 aliphatic heterocycles. The van der Waals surface area contributed by atoms with E-state index in [1.165, 1.54) is 7.11 Å². The van der Waals surface area contributed by atoms with Gasteiger partial charge in [0.05, 0.1) is 12.7 Å². The van der Waals surface area contributed by atoms with Crippen LogP contribution in [0.2, 0.25) is 0 Å². The first kappa shape index (κ1) is 19.0. The fourth-order valence-electron chi connectivity index (χ4n) is 3.10. The Kier molecular flexibility index (Phi) is 6.98. The molecule has 2 rings (SSSR count). The molecule has 1 aliphatic rings. The van der Waals surface area contributed by atoms with E-state index in [-0.39, 0.29) is 23.7 Å². The van der Waals surface area contributed by atoms with Gasteiger partial charge in [-0.05, 0) is 50.3 Å². The molecule has 0 unspecified atom stereocenters. The van der Waals surface area contributed by atoms with E-state index in [4.69, 9.17) is 0 Å². The van der Waals surface area contributed by atoms with Gasteiger partial charge in [0.25, 0.3) is 0 Å². The largest absolute Gasteiger partial charge is 0.465 e. The fraction of sp³-hybridized carbons (Fsp3) is 0.526. The molecule has 0 spiro atoms. The molecule has 0 radical (unpaired) electrons. The van der Waals surface area contributed by atoms with Gasteiger partial charge in [0.2, 0.25) is 11.8 Å². The maximum absolute atomic E-state index is 12.4. The average molecular weight is 346 g/mol. The number of hydrogen-bond acceptors (Lipinski definition) is 4. The summed E-state index contributed by atoms with van der Waals surface area (Å²) >= 11 is 0. The highest BCUT2D eigenvalue weighted by molar-refractivity contribution is 5.95.